The molecule has 0 aliphatic heterocycles. The maximum Gasteiger partial charge on any atom is 0.416 e. The summed E-state index contributed by atoms with van der Waals surface area (Å²) in [5.41, 5.74) is 4.56. The predicted octanol–water partition coefficient (Wildman–Crippen LogP) is 2.82. The fraction of sp³-hybridized carbons (Fsp3) is 0.500. The van der Waals surface area contributed by atoms with E-state index in [2.05, 4.69) is 0 Å². The minimum atomic E-state index is -4.45. The van der Waals surface area contributed by atoms with Gasteiger partial charge in [-0.3, -0.25) is 4.21 Å². The highest BCUT2D eigenvalue weighted by Gasteiger charge is 2.31. The third-order valence-corrected chi connectivity index (χ3v) is 3.70. The van der Waals surface area contributed by atoms with E-state index in [1.54, 1.807) is 0 Å². The quantitative estimate of drug-likeness (QED) is 0.850. The maximum atomic E-state index is 12.4. The molecule has 7 heteroatoms. The number of alkyl halides is 3. The number of ether oxygens (including phenoxy) is 1. The van der Waals surface area contributed by atoms with Crippen molar-refractivity contribution in [2.75, 3.05) is 18.1 Å². The van der Waals surface area contributed by atoms with Gasteiger partial charge in [-0.2, -0.15) is 13.2 Å². The van der Waals surface area contributed by atoms with Crippen molar-refractivity contribution < 1.29 is 22.1 Å². The summed E-state index contributed by atoms with van der Waals surface area (Å²) in [5.74, 6) is 0.202. The third kappa shape index (κ3) is 4.83. The van der Waals surface area contributed by atoms with Gasteiger partial charge in [-0.05, 0) is 32.0 Å². The Morgan fingerprint density at radius 3 is 2.47 bits per heavy atom. The molecular weight excluding hydrogens is 279 g/mol. The van der Waals surface area contributed by atoms with Crippen molar-refractivity contribution in [2.24, 2.45) is 0 Å². The number of halogens is 3. The Morgan fingerprint density at radius 1 is 1.37 bits per heavy atom. The third-order valence-electron chi connectivity index (χ3n) is 2.30. The Bertz CT molecular complexity index is 461. The smallest absolute Gasteiger partial charge is 0.398 e. The molecule has 0 heterocycles. The highest BCUT2D eigenvalue weighted by molar-refractivity contribution is 7.85. The zero-order valence-corrected chi connectivity index (χ0v) is 11.5. The van der Waals surface area contributed by atoms with Gasteiger partial charge in [-0.15, -0.1) is 0 Å². The summed E-state index contributed by atoms with van der Waals surface area (Å²) in [4.78, 5) is 0.209. The van der Waals surface area contributed by atoms with E-state index >= 15 is 0 Å². The molecule has 0 saturated heterocycles. The first-order valence-corrected chi connectivity index (χ1v) is 7.00. The Kier molecular flexibility index (Phi) is 5.37. The van der Waals surface area contributed by atoms with Crippen molar-refractivity contribution in [3.05, 3.63) is 23.8 Å². The normalized spacial score (nSPS) is 13.8. The van der Waals surface area contributed by atoms with Gasteiger partial charge in [0.25, 0.3) is 0 Å². The molecule has 1 rings (SSSR count). The number of rotatable bonds is 5. The van der Waals surface area contributed by atoms with Gasteiger partial charge in [0.1, 0.15) is 0 Å². The molecule has 0 saturated carbocycles. The first-order chi connectivity index (χ1) is 8.71. The Balaban J connectivity index is 2.77. The summed E-state index contributed by atoms with van der Waals surface area (Å²) in [5, 5.41) is 0. The lowest BCUT2D eigenvalue weighted by atomic mass is 10.2. The highest BCUT2D eigenvalue weighted by Crippen LogP contribution is 2.32. The van der Waals surface area contributed by atoms with Crippen LogP contribution in [0.3, 0.4) is 0 Å². The topological polar surface area (TPSA) is 52.3 Å². The van der Waals surface area contributed by atoms with Gasteiger partial charge in [0.05, 0.1) is 39.7 Å². The van der Waals surface area contributed by atoms with Crippen molar-refractivity contribution in [1.82, 2.24) is 0 Å². The van der Waals surface area contributed by atoms with Crippen molar-refractivity contribution in [3.63, 3.8) is 0 Å². The van der Waals surface area contributed by atoms with Crippen molar-refractivity contribution in [1.29, 1.82) is 0 Å². The van der Waals surface area contributed by atoms with E-state index in [0.29, 0.717) is 0 Å². The molecule has 19 heavy (non-hydrogen) atoms. The lowest BCUT2D eigenvalue weighted by Crippen LogP contribution is -2.13. The van der Waals surface area contributed by atoms with Crippen LogP contribution in [-0.4, -0.2) is 22.7 Å². The Hall–Kier alpha value is -1.08. The first kappa shape index (κ1) is 16.0. The van der Waals surface area contributed by atoms with Crippen LogP contribution < -0.4 is 5.73 Å². The summed E-state index contributed by atoms with van der Waals surface area (Å²) < 4.78 is 54.4. The molecule has 108 valence electrons. The molecule has 0 fully saturated rings. The maximum absolute atomic E-state index is 12.4. The van der Waals surface area contributed by atoms with E-state index < -0.39 is 22.5 Å². The average Bonchev–Trinajstić information content (AvgIpc) is 2.26. The molecule has 1 unspecified atom stereocenters. The van der Waals surface area contributed by atoms with Crippen LogP contribution in [0.2, 0.25) is 0 Å². The lowest BCUT2D eigenvalue weighted by Gasteiger charge is -2.11. The van der Waals surface area contributed by atoms with E-state index in [1.807, 2.05) is 13.8 Å². The van der Waals surface area contributed by atoms with Crippen molar-refractivity contribution in [3.8, 4) is 0 Å². The molecule has 0 radical (unpaired) electrons. The number of nitrogens with two attached hydrogens (primary N) is 1. The summed E-state index contributed by atoms with van der Waals surface area (Å²) in [6, 6.07) is 2.84. The van der Waals surface area contributed by atoms with Crippen LogP contribution in [0.4, 0.5) is 18.9 Å². The highest BCUT2D eigenvalue weighted by atomic mass is 32.2. The largest absolute Gasteiger partial charge is 0.416 e. The van der Waals surface area contributed by atoms with Crippen LogP contribution >= 0.6 is 0 Å². The van der Waals surface area contributed by atoms with Crippen LogP contribution in [0.25, 0.3) is 0 Å². The van der Waals surface area contributed by atoms with E-state index in [0.717, 1.165) is 18.2 Å². The number of hydrogen-bond donors (Lipinski definition) is 1. The molecular formula is C12H16F3NO2S. The zero-order valence-electron chi connectivity index (χ0n) is 10.7. The molecule has 0 aliphatic rings. The van der Waals surface area contributed by atoms with Crippen molar-refractivity contribution in [2.45, 2.75) is 31.0 Å². The van der Waals surface area contributed by atoms with Crippen LogP contribution in [0, 0.1) is 0 Å². The standard InChI is InChI=1S/C12H16F3NO2S/c1-8(2)18-5-6-19(17)11-4-3-9(7-10(11)16)12(13,14)15/h3-4,7-8H,5-6,16H2,1-2H3. The van der Waals surface area contributed by atoms with Crippen LogP contribution in [-0.2, 0) is 21.7 Å². The minimum Gasteiger partial charge on any atom is -0.398 e. The summed E-state index contributed by atoms with van der Waals surface area (Å²) in [7, 11) is -1.46. The van der Waals surface area contributed by atoms with Crippen LogP contribution in [0.15, 0.2) is 23.1 Å². The second-order valence-corrected chi connectivity index (χ2v) is 5.76. The fourth-order valence-corrected chi connectivity index (χ4v) is 2.41. The Labute approximate surface area is 112 Å². The second kappa shape index (κ2) is 6.38. The summed E-state index contributed by atoms with van der Waals surface area (Å²) >= 11 is 0. The predicted molar refractivity (Wildman–Crippen MR) is 68.2 cm³/mol. The van der Waals surface area contributed by atoms with Gasteiger partial charge in [-0.25, -0.2) is 0 Å². The van der Waals surface area contributed by atoms with E-state index in [1.165, 1.54) is 0 Å². The van der Waals surface area contributed by atoms with E-state index in [9.17, 15) is 17.4 Å². The number of anilines is 1. The molecule has 3 nitrogen and oxygen atoms in total. The molecule has 0 amide bonds. The molecule has 0 aliphatic carbocycles. The summed E-state index contributed by atoms with van der Waals surface area (Å²) in [6.07, 6.45) is -4.43. The minimum absolute atomic E-state index is 0.0157. The van der Waals surface area contributed by atoms with Gasteiger partial charge in [0.15, 0.2) is 0 Å². The second-order valence-electron chi connectivity index (χ2n) is 4.22. The van der Waals surface area contributed by atoms with Gasteiger partial charge in [0, 0.05) is 5.69 Å². The fourth-order valence-electron chi connectivity index (χ4n) is 1.40. The van der Waals surface area contributed by atoms with Gasteiger partial charge < -0.3 is 10.5 Å². The van der Waals surface area contributed by atoms with Gasteiger partial charge in [0.2, 0.25) is 0 Å². The average molecular weight is 295 g/mol. The number of benzene rings is 1. The van der Waals surface area contributed by atoms with Crippen LogP contribution in [0.5, 0.6) is 0 Å². The number of hydrogen-bond acceptors (Lipinski definition) is 3. The molecule has 0 spiro atoms. The molecule has 0 bridgehead atoms. The van der Waals surface area contributed by atoms with Gasteiger partial charge in [-0.1, -0.05) is 0 Å². The van der Waals surface area contributed by atoms with Crippen LogP contribution in [0.1, 0.15) is 19.4 Å². The first-order valence-electron chi connectivity index (χ1n) is 5.68. The molecule has 2 N–H and O–H groups in total. The SMILES string of the molecule is CC(C)OCCS(=O)c1ccc(C(F)(F)F)cc1N. The van der Waals surface area contributed by atoms with Gasteiger partial charge >= 0.3 is 6.18 Å². The summed E-state index contributed by atoms with van der Waals surface area (Å²) in [6.45, 7) is 3.95. The Morgan fingerprint density at radius 2 is 2.00 bits per heavy atom. The molecule has 0 aromatic heterocycles. The van der Waals surface area contributed by atoms with E-state index in [4.69, 9.17) is 10.5 Å². The lowest BCUT2D eigenvalue weighted by molar-refractivity contribution is -0.137. The number of nitrogen functional groups attached to an aromatic ring is 1. The molecule has 1 aromatic rings. The zero-order chi connectivity index (χ0) is 14.6. The monoisotopic (exact) mass is 295 g/mol. The molecule has 1 aromatic carbocycles. The van der Waals surface area contributed by atoms with Crippen molar-refractivity contribution >= 4 is 16.5 Å². The van der Waals surface area contributed by atoms with E-state index in [-0.39, 0.29) is 29.0 Å². The molecule has 1 atom stereocenters.